The third-order valence-corrected chi connectivity index (χ3v) is 4.41. The fourth-order valence-corrected chi connectivity index (χ4v) is 2.94. The Balaban J connectivity index is 1.48. The quantitative estimate of drug-likeness (QED) is 0.549. The Labute approximate surface area is 161 Å². The Hall–Kier alpha value is -3.80. The van der Waals surface area contributed by atoms with E-state index in [1.807, 2.05) is 42.5 Å². The molecule has 28 heavy (non-hydrogen) atoms. The zero-order chi connectivity index (χ0) is 19.5. The number of rotatable bonds is 4. The monoisotopic (exact) mass is 371 g/mol. The molecular weight excluding hydrogens is 354 g/mol. The number of ether oxygens (including phenoxy) is 1. The van der Waals surface area contributed by atoms with Crippen molar-refractivity contribution in [3.8, 4) is 0 Å². The fourth-order valence-electron chi connectivity index (χ4n) is 2.94. The standard InChI is InChI=1S/C22H17N3O3/c1-14(21(26)25-18-8-4-6-15-5-2-3-7-17(15)18)28-22(27)16-9-10-19-20(13-16)24-12-11-23-19/h2-14H,1H3,(H,25,26)/t14-/m1/s1. The SMILES string of the molecule is C[C@@H](OC(=O)c1ccc2nccnc2c1)C(=O)Nc1cccc2ccccc12. The number of fused-ring (bicyclic) bond motifs is 2. The van der Waals surface area contributed by atoms with Gasteiger partial charge in [-0.05, 0) is 36.6 Å². The van der Waals surface area contributed by atoms with Gasteiger partial charge in [-0.3, -0.25) is 14.8 Å². The van der Waals surface area contributed by atoms with E-state index in [4.69, 9.17) is 4.74 Å². The third-order valence-electron chi connectivity index (χ3n) is 4.41. The van der Waals surface area contributed by atoms with E-state index in [0.717, 1.165) is 10.8 Å². The number of amides is 1. The maximum atomic E-state index is 12.5. The van der Waals surface area contributed by atoms with Crippen LogP contribution in [0.2, 0.25) is 0 Å². The molecule has 0 spiro atoms. The number of carbonyl (C=O) groups excluding carboxylic acids is 2. The van der Waals surface area contributed by atoms with Crippen LogP contribution in [0.5, 0.6) is 0 Å². The topological polar surface area (TPSA) is 81.2 Å². The van der Waals surface area contributed by atoms with Crippen LogP contribution in [-0.4, -0.2) is 27.9 Å². The molecule has 0 aliphatic rings. The van der Waals surface area contributed by atoms with Crippen molar-refractivity contribution in [2.24, 2.45) is 0 Å². The van der Waals surface area contributed by atoms with Crippen LogP contribution in [0, 0.1) is 0 Å². The molecule has 138 valence electrons. The van der Waals surface area contributed by atoms with Gasteiger partial charge in [-0.2, -0.15) is 0 Å². The second-order valence-corrected chi connectivity index (χ2v) is 6.32. The molecule has 0 aliphatic heterocycles. The average Bonchev–Trinajstić information content (AvgIpc) is 2.73. The molecule has 6 heteroatoms. The van der Waals surface area contributed by atoms with E-state index < -0.39 is 18.0 Å². The predicted molar refractivity (Wildman–Crippen MR) is 107 cm³/mol. The number of nitrogens with zero attached hydrogens (tertiary/aromatic N) is 2. The first-order chi connectivity index (χ1) is 13.6. The molecule has 6 nitrogen and oxygen atoms in total. The van der Waals surface area contributed by atoms with E-state index in [1.165, 1.54) is 0 Å². The number of nitrogens with one attached hydrogen (secondary N) is 1. The van der Waals surface area contributed by atoms with Crippen LogP contribution in [-0.2, 0) is 9.53 Å². The maximum absolute atomic E-state index is 12.5. The van der Waals surface area contributed by atoms with Crippen molar-refractivity contribution >= 4 is 39.4 Å². The molecule has 4 aromatic rings. The van der Waals surface area contributed by atoms with Crippen LogP contribution in [0.4, 0.5) is 5.69 Å². The minimum atomic E-state index is -0.955. The van der Waals surface area contributed by atoms with Crippen molar-refractivity contribution < 1.29 is 14.3 Å². The molecule has 0 bridgehead atoms. The summed E-state index contributed by atoms with van der Waals surface area (Å²) in [6, 6.07) is 18.3. The molecule has 0 fully saturated rings. The summed E-state index contributed by atoms with van der Waals surface area (Å²) in [5, 5.41) is 4.77. The van der Waals surface area contributed by atoms with Gasteiger partial charge in [0.2, 0.25) is 0 Å². The minimum Gasteiger partial charge on any atom is -0.449 e. The highest BCUT2D eigenvalue weighted by atomic mass is 16.5. The molecule has 0 aliphatic carbocycles. The van der Waals surface area contributed by atoms with E-state index in [0.29, 0.717) is 22.3 Å². The van der Waals surface area contributed by atoms with Gasteiger partial charge in [0.1, 0.15) is 0 Å². The summed E-state index contributed by atoms with van der Waals surface area (Å²) in [6.45, 7) is 1.54. The highest BCUT2D eigenvalue weighted by Gasteiger charge is 2.20. The van der Waals surface area contributed by atoms with Gasteiger partial charge in [0.15, 0.2) is 6.10 Å². The summed E-state index contributed by atoms with van der Waals surface area (Å²) < 4.78 is 5.33. The number of esters is 1. The molecule has 0 radical (unpaired) electrons. The lowest BCUT2D eigenvalue weighted by atomic mass is 10.1. The van der Waals surface area contributed by atoms with Crippen LogP contribution in [0.25, 0.3) is 21.8 Å². The normalized spacial score (nSPS) is 11.9. The molecule has 1 heterocycles. The Morgan fingerprint density at radius 1 is 0.929 bits per heavy atom. The molecule has 1 aromatic heterocycles. The summed E-state index contributed by atoms with van der Waals surface area (Å²) in [4.78, 5) is 33.3. The van der Waals surface area contributed by atoms with E-state index in [9.17, 15) is 9.59 Å². The number of benzene rings is 3. The van der Waals surface area contributed by atoms with Crippen molar-refractivity contribution in [3.63, 3.8) is 0 Å². The molecule has 1 N–H and O–H groups in total. The first-order valence-corrected chi connectivity index (χ1v) is 8.82. The van der Waals surface area contributed by atoms with Crippen LogP contribution < -0.4 is 5.32 Å². The van der Waals surface area contributed by atoms with Gasteiger partial charge in [-0.25, -0.2) is 4.79 Å². The Kier molecular flexibility index (Phi) is 4.68. The lowest BCUT2D eigenvalue weighted by Gasteiger charge is -2.15. The maximum Gasteiger partial charge on any atom is 0.338 e. The van der Waals surface area contributed by atoms with Crippen LogP contribution >= 0.6 is 0 Å². The summed E-state index contributed by atoms with van der Waals surface area (Å²) >= 11 is 0. The zero-order valence-corrected chi connectivity index (χ0v) is 15.1. The van der Waals surface area contributed by atoms with Gasteiger partial charge in [0.25, 0.3) is 5.91 Å². The lowest BCUT2D eigenvalue weighted by molar-refractivity contribution is -0.123. The first-order valence-electron chi connectivity index (χ1n) is 8.82. The molecule has 0 saturated heterocycles. The third kappa shape index (κ3) is 3.53. The number of carbonyl (C=O) groups is 2. The zero-order valence-electron chi connectivity index (χ0n) is 15.1. The van der Waals surface area contributed by atoms with E-state index in [1.54, 1.807) is 37.5 Å². The highest BCUT2D eigenvalue weighted by molar-refractivity contribution is 6.04. The summed E-state index contributed by atoms with van der Waals surface area (Å²) in [5.41, 5.74) is 2.26. The molecule has 3 aromatic carbocycles. The minimum absolute atomic E-state index is 0.317. The van der Waals surface area contributed by atoms with Gasteiger partial charge in [-0.1, -0.05) is 36.4 Å². The molecular formula is C22H17N3O3. The van der Waals surface area contributed by atoms with Gasteiger partial charge in [0.05, 0.1) is 16.6 Å². The van der Waals surface area contributed by atoms with Crippen LogP contribution in [0.1, 0.15) is 17.3 Å². The predicted octanol–water partition coefficient (Wildman–Crippen LogP) is 3.97. The Morgan fingerprint density at radius 3 is 2.54 bits per heavy atom. The van der Waals surface area contributed by atoms with Gasteiger partial charge in [0, 0.05) is 23.5 Å². The lowest BCUT2D eigenvalue weighted by Crippen LogP contribution is -2.30. The summed E-state index contributed by atoms with van der Waals surface area (Å²) in [6.07, 6.45) is 2.18. The molecule has 1 atom stereocenters. The van der Waals surface area contributed by atoms with Crippen molar-refractivity contribution in [2.75, 3.05) is 5.32 Å². The number of anilines is 1. The molecule has 0 unspecified atom stereocenters. The second-order valence-electron chi connectivity index (χ2n) is 6.32. The molecule has 4 rings (SSSR count). The van der Waals surface area contributed by atoms with Crippen molar-refractivity contribution in [1.29, 1.82) is 0 Å². The smallest absolute Gasteiger partial charge is 0.338 e. The van der Waals surface area contributed by atoms with E-state index in [-0.39, 0.29) is 0 Å². The second kappa shape index (κ2) is 7.44. The number of hydrogen-bond donors (Lipinski definition) is 1. The Bertz CT molecular complexity index is 1180. The summed E-state index contributed by atoms with van der Waals surface area (Å²) in [5.74, 6) is -0.988. The number of aromatic nitrogens is 2. The van der Waals surface area contributed by atoms with Crippen LogP contribution in [0.15, 0.2) is 73.1 Å². The van der Waals surface area contributed by atoms with E-state index in [2.05, 4.69) is 15.3 Å². The van der Waals surface area contributed by atoms with Crippen LogP contribution in [0.3, 0.4) is 0 Å². The average molecular weight is 371 g/mol. The van der Waals surface area contributed by atoms with Crippen molar-refractivity contribution in [1.82, 2.24) is 9.97 Å². The van der Waals surface area contributed by atoms with E-state index >= 15 is 0 Å². The van der Waals surface area contributed by atoms with Crippen molar-refractivity contribution in [2.45, 2.75) is 13.0 Å². The van der Waals surface area contributed by atoms with Gasteiger partial charge >= 0.3 is 5.97 Å². The fraction of sp³-hybridized carbons (Fsp3) is 0.0909. The molecule has 1 amide bonds. The highest BCUT2D eigenvalue weighted by Crippen LogP contribution is 2.23. The van der Waals surface area contributed by atoms with Gasteiger partial charge < -0.3 is 10.1 Å². The summed E-state index contributed by atoms with van der Waals surface area (Å²) in [7, 11) is 0. The Morgan fingerprint density at radius 2 is 1.68 bits per heavy atom. The first kappa shape index (κ1) is 17.6. The number of hydrogen-bond acceptors (Lipinski definition) is 5. The van der Waals surface area contributed by atoms with Gasteiger partial charge in [-0.15, -0.1) is 0 Å². The van der Waals surface area contributed by atoms with Crippen molar-refractivity contribution in [3.05, 3.63) is 78.6 Å². The molecule has 0 saturated carbocycles. The largest absolute Gasteiger partial charge is 0.449 e.